The molecule has 2 aromatic heterocycles. The van der Waals surface area contributed by atoms with Gasteiger partial charge in [-0.15, -0.1) is 0 Å². The molecule has 162 valence electrons. The van der Waals surface area contributed by atoms with Gasteiger partial charge in [-0.2, -0.15) is 5.26 Å². The normalized spacial score (nSPS) is 15.1. The number of nitrogens with zero attached hydrogens (tertiary/aromatic N) is 2. The van der Waals surface area contributed by atoms with Crippen LogP contribution in [0.25, 0.3) is 22.1 Å². The maximum absolute atomic E-state index is 13.0. The molecule has 0 amide bonds. The topological polar surface area (TPSA) is 128 Å². The summed E-state index contributed by atoms with van der Waals surface area (Å²) in [4.78, 5) is 17.1. The molecule has 3 heterocycles. The summed E-state index contributed by atoms with van der Waals surface area (Å²) in [6, 6.07) is 15.7. The first-order chi connectivity index (χ1) is 15.9. The Labute approximate surface area is 197 Å². The van der Waals surface area contributed by atoms with Gasteiger partial charge < -0.3 is 20.6 Å². The van der Waals surface area contributed by atoms with Crippen LogP contribution >= 0.6 is 23.2 Å². The fourth-order valence-corrected chi connectivity index (χ4v) is 4.42. The number of hydrogen-bond acceptors (Lipinski definition) is 7. The van der Waals surface area contributed by atoms with Crippen molar-refractivity contribution in [3.05, 3.63) is 97.9 Å². The summed E-state index contributed by atoms with van der Waals surface area (Å²) in [5.74, 6) is -0.642. The number of halogens is 2. The van der Waals surface area contributed by atoms with Crippen LogP contribution in [-0.4, -0.2) is 4.98 Å². The number of hydrogen-bond donors (Lipinski definition) is 2. The molecule has 1 aliphatic heterocycles. The van der Waals surface area contributed by atoms with Crippen LogP contribution < -0.4 is 21.8 Å². The molecule has 0 spiro atoms. The van der Waals surface area contributed by atoms with E-state index in [1.807, 2.05) is 12.1 Å². The lowest BCUT2D eigenvalue weighted by molar-refractivity contribution is 0.388. The third-order valence-electron chi connectivity index (χ3n) is 5.47. The van der Waals surface area contributed by atoms with E-state index in [-0.39, 0.29) is 27.9 Å². The van der Waals surface area contributed by atoms with Gasteiger partial charge in [0.25, 0.3) is 0 Å². The third-order valence-corrected chi connectivity index (χ3v) is 5.99. The van der Waals surface area contributed by atoms with Crippen molar-refractivity contribution < 1.29 is 9.15 Å². The van der Waals surface area contributed by atoms with E-state index in [9.17, 15) is 10.1 Å². The second-order valence-electron chi connectivity index (χ2n) is 7.42. The number of benzene rings is 2. The fourth-order valence-electron chi connectivity index (χ4n) is 3.95. The molecule has 2 aromatic carbocycles. The molecule has 5 rings (SSSR count). The van der Waals surface area contributed by atoms with Crippen molar-refractivity contribution >= 4 is 39.9 Å². The highest BCUT2D eigenvalue weighted by Crippen LogP contribution is 2.44. The summed E-state index contributed by atoms with van der Waals surface area (Å²) in [5.41, 5.74) is 14.6. The van der Waals surface area contributed by atoms with Gasteiger partial charge in [0.1, 0.15) is 22.4 Å². The molecule has 1 aliphatic rings. The van der Waals surface area contributed by atoms with Crippen molar-refractivity contribution in [2.24, 2.45) is 5.73 Å². The van der Waals surface area contributed by atoms with Gasteiger partial charge in [-0.25, -0.2) is 9.78 Å². The Balaban J connectivity index is 1.70. The van der Waals surface area contributed by atoms with Crippen LogP contribution in [-0.2, 0) is 0 Å². The monoisotopic (exact) mass is 476 g/mol. The van der Waals surface area contributed by atoms with Crippen molar-refractivity contribution in [3.8, 4) is 22.9 Å². The Morgan fingerprint density at radius 2 is 1.82 bits per heavy atom. The van der Waals surface area contributed by atoms with Gasteiger partial charge in [0, 0.05) is 17.4 Å². The molecule has 1 atom stereocenters. The highest BCUT2D eigenvalue weighted by molar-refractivity contribution is 6.35. The van der Waals surface area contributed by atoms with Crippen LogP contribution in [0.3, 0.4) is 0 Å². The Hall–Kier alpha value is -3.99. The highest BCUT2D eigenvalue weighted by Gasteiger charge is 2.35. The molecule has 7 nitrogen and oxygen atoms in total. The molecule has 4 aromatic rings. The molecule has 1 unspecified atom stereocenters. The molecule has 9 heteroatoms. The number of pyridine rings is 1. The lowest BCUT2D eigenvalue weighted by Gasteiger charge is -2.26. The minimum Gasteiger partial charge on any atom is -0.439 e. The van der Waals surface area contributed by atoms with Gasteiger partial charge in [0.15, 0.2) is 5.75 Å². The van der Waals surface area contributed by atoms with E-state index >= 15 is 0 Å². The van der Waals surface area contributed by atoms with Crippen molar-refractivity contribution in [1.82, 2.24) is 4.98 Å². The van der Waals surface area contributed by atoms with Crippen LogP contribution in [0.4, 0.5) is 5.69 Å². The van der Waals surface area contributed by atoms with E-state index < -0.39 is 11.5 Å². The zero-order chi connectivity index (χ0) is 23.3. The summed E-state index contributed by atoms with van der Waals surface area (Å²) >= 11 is 12.2. The van der Waals surface area contributed by atoms with Gasteiger partial charge >= 0.3 is 5.63 Å². The molecule has 0 saturated heterocycles. The second-order valence-corrected chi connectivity index (χ2v) is 8.22. The number of nitrogen functional groups attached to an aromatic ring is 1. The largest absolute Gasteiger partial charge is 0.439 e. The van der Waals surface area contributed by atoms with E-state index in [0.29, 0.717) is 32.8 Å². The molecular weight excluding hydrogens is 463 g/mol. The van der Waals surface area contributed by atoms with Crippen molar-refractivity contribution in [3.63, 3.8) is 0 Å². The SMILES string of the molecule is N#CC1=C(N)Oc2c(c(=O)oc3ccc(N)cc23)C1c1ccc(-c2cnc(Cl)cc2Cl)cc1. The molecule has 4 N–H and O–H groups in total. The third kappa shape index (κ3) is 3.46. The summed E-state index contributed by atoms with van der Waals surface area (Å²) in [6.45, 7) is 0. The number of nitrogens with two attached hydrogens (primary N) is 2. The smallest absolute Gasteiger partial charge is 0.344 e. The molecular formula is C24H14Cl2N4O3. The zero-order valence-corrected chi connectivity index (χ0v) is 18.3. The van der Waals surface area contributed by atoms with E-state index in [1.165, 1.54) is 0 Å². The van der Waals surface area contributed by atoms with Crippen LogP contribution in [0.15, 0.2) is 75.4 Å². The van der Waals surface area contributed by atoms with Gasteiger partial charge in [-0.05, 0) is 35.4 Å². The average molecular weight is 477 g/mol. The summed E-state index contributed by atoms with van der Waals surface area (Å²) in [5, 5.41) is 11.0. The maximum Gasteiger partial charge on any atom is 0.344 e. The van der Waals surface area contributed by atoms with E-state index in [1.54, 1.807) is 42.6 Å². The zero-order valence-electron chi connectivity index (χ0n) is 16.8. The first kappa shape index (κ1) is 20.9. The fraction of sp³-hybridized carbons (Fsp3) is 0.0417. The van der Waals surface area contributed by atoms with Gasteiger partial charge in [0.2, 0.25) is 5.88 Å². The number of anilines is 1. The van der Waals surface area contributed by atoms with E-state index in [0.717, 1.165) is 5.56 Å². The molecule has 0 aliphatic carbocycles. The number of ether oxygens (including phenoxy) is 1. The number of fused-ring (bicyclic) bond motifs is 3. The Kier molecular flexibility index (Phi) is 4.97. The van der Waals surface area contributed by atoms with Crippen molar-refractivity contribution in [1.29, 1.82) is 5.26 Å². The number of rotatable bonds is 2. The van der Waals surface area contributed by atoms with Gasteiger partial charge in [-0.1, -0.05) is 47.5 Å². The molecule has 0 bridgehead atoms. The first-order valence-corrected chi connectivity index (χ1v) is 10.5. The highest BCUT2D eigenvalue weighted by atomic mass is 35.5. The van der Waals surface area contributed by atoms with Gasteiger partial charge in [-0.3, -0.25) is 0 Å². The van der Waals surface area contributed by atoms with Crippen LogP contribution in [0.5, 0.6) is 5.75 Å². The maximum atomic E-state index is 13.0. The summed E-state index contributed by atoms with van der Waals surface area (Å²) < 4.78 is 11.2. The number of aromatic nitrogens is 1. The van der Waals surface area contributed by atoms with Crippen molar-refractivity contribution in [2.75, 3.05) is 5.73 Å². The van der Waals surface area contributed by atoms with Crippen LogP contribution in [0.2, 0.25) is 10.2 Å². The summed E-state index contributed by atoms with van der Waals surface area (Å²) in [6.07, 6.45) is 1.58. The van der Waals surface area contributed by atoms with E-state index in [4.69, 9.17) is 43.8 Å². The van der Waals surface area contributed by atoms with Crippen LogP contribution in [0.1, 0.15) is 17.0 Å². The standard InChI is InChI=1S/C24H14Cl2N4O3/c25-17-8-19(26)30-10-16(17)11-1-3-12(4-2-11)20-15(9-27)23(29)33-22-14-7-13(28)5-6-18(14)32-24(31)21(20)22/h1-8,10,20H,28-29H2. The minimum atomic E-state index is -0.784. The Morgan fingerprint density at radius 3 is 2.52 bits per heavy atom. The number of nitriles is 1. The second kappa shape index (κ2) is 7.85. The molecule has 0 fully saturated rings. The number of allylic oxidation sites excluding steroid dienone is 1. The van der Waals surface area contributed by atoms with Gasteiger partial charge in [0.05, 0.1) is 21.9 Å². The predicted molar refractivity (Wildman–Crippen MR) is 126 cm³/mol. The molecule has 33 heavy (non-hydrogen) atoms. The van der Waals surface area contributed by atoms with E-state index in [2.05, 4.69) is 11.1 Å². The lowest BCUT2D eigenvalue weighted by Crippen LogP contribution is -2.26. The Morgan fingerprint density at radius 1 is 1.06 bits per heavy atom. The van der Waals surface area contributed by atoms with Crippen molar-refractivity contribution in [2.45, 2.75) is 5.92 Å². The van der Waals surface area contributed by atoms with Crippen LogP contribution in [0, 0.1) is 11.3 Å². The Bertz CT molecular complexity index is 1570. The summed E-state index contributed by atoms with van der Waals surface area (Å²) in [7, 11) is 0. The molecule has 0 saturated carbocycles. The minimum absolute atomic E-state index is 0.0849. The predicted octanol–water partition coefficient (Wildman–Crippen LogP) is 4.96. The quantitative estimate of drug-likeness (QED) is 0.237. The molecule has 0 radical (unpaired) electrons. The average Bonchev–Trinajstić information content (AvgIpc) is 2.79. The first-order valence-electron chi connectivity index (χ1n) is 9.72. The lowest BCUT2D eigenvalue weighted by atomic mass is 9.83.